The Morgan fingerprint density at radius 1 is 1.23 bits per heavy atom. The van der Waals surface area contributed by atoms with E-state index in [-0.39, 0.29) is 6.54 Å². The molecule has 22 heavy (non-hydrogen) atoms. The average Bonchev–Trinajstić information content (AvgIpc) is 3.02. The molecule has 116 valence electrons. The summed E-state index contributed by atoms with van der Waals surface area (Å²) in [7, 11) is 0. The van der Waals surface area contributed by atoms with Gasteiger partial charge >= 0.3 is 11.8 Å². The number of nitrogens with one attached hydrogen (secondary N) is 2. The van der Waals surface area contributed by atoms with Crippen molar-refractivity contribution in [2.24, 2.45) is 0 Å². The lowest BCUT2D eigenvalue weighted by atomic mass is 10.1. The number of hydrogen-bond donors (Lipinski definition) is 3. The molecular formula is C16H18N2O4. The van der Waals surface area contributed by atoms with Crippen molar-refractivity contribution in [3.63, 3.8) is 0 Å². The fraction of sp³-hybridized carbons (Fsp3) is 0.250. The summed E-state index contributed by atoms with van der Waals surface area (Å²) in [5, 5.41) is 14.7. The van der Waals surface area contributed by atoms with Gasteiger partial charge in [0.15, 0.2) is 0 Å². The monoisotopic (exact) mass is 302 g/mol. The van der Waals surface area contributed by atoms with E-state index in [2.05, 4.69) is 10.6 Å². The molecule has 1 aromatic heterocycles. The van der Waals surface area contributed by atoms with Crippen LogP contribution in [0.1, 0.15) is 23.0 Å². The predicted octanol–water partition coefficient (Wildman–Crippen LogP) is 1.68. The van der Waals surface area contributed by atoms with E-state index in [1.54, 1.807) is 18.2 Å². The third kappa shape index (κ3) is 3.95. The zero-order valence-corrected chi connectivity index (χ0v) is 12.4. The van der Waals surface area contributed by atoms with Gasteiger partial charge in [0.1, 0.15) is 11.9 Å². The number of benzene rings is 1. The van der Waals surface area contributed by atoms with Crippen LogP contribution in [0.15, 0.2) is 41.0 Å². The van der Waals surface area contributed by atoms with Crippen LogP contribution in [0.2, 0.25) is 0 Å². The Balaban J connectivity index is 1.89. The van der Waals surface area contributed by atoms with Crippen molar-refractivity contribution in [1.82, 2.24) is 5.32 Å². The van der Waals surface area contributed by atoms with E-state index >= 15 is 0 Å². The molecule has 0 bridgehead atoms. The number of amides is 2. The van der Waals surface area contributed by atoms with Crippen molar-refractivity contribution in [2.45, 2.75) is 20.0 Å². The number of aliphatic hydroxyl groups excluding tert-OH is 1. The maximum Gasteiger partial charge on any atom is 0.313 e. The molecule has 0 aliphatic heterocycles. The molecule has 1 atom stereocenters. The topological polar surface area (TPSA) is 91.6 Å². The normalized spacial score (nSPS) is 11.8. The number of aryl methyl sites for hydroxylation is 2. The summed E-state index contributed by atoms with van der Waals surface area (Å²) in [6.45, 7) is 3.63. The molecule has 2 amide bonds. The van der Waals surface area contributed by atoms with Gasteiger partial charge in [-0.1, -0.05) is 12.1 Å². The first-order chi connectivity index (χ1) is 10.5. The van der Waals surface area contributed by atoms with Crippen LogP contribution in [0.4, 0.5) is 5.69 Å². The van der Waals surface area contributed by atoms with Gasteiger partial charge in [-0.3, -0.25) is 9.59 Å². The molecule has 1 unspecified atom stereocenters. The molecule has 6 heteroatoms. The minimum absolute atomic E-state index is 0.105. The molecule has 3 N–H and O–H groups in total. The van der Waals surface area contributed by atoms with Gasteiger partial charge in [0, 0.05) is 5.69 Å². The Kier molecular flexibility index (Phi) is 4.95. The van der Waals surface area contributed by atoms with Gasteiger partial charge in [0.05, 0.1) is 12.8 Å². The summed E-state index contributed by atoms with van der Waals surface area (Å²) in [5.41, 5.74) is 2.43. The molecule has 0 spiro atoms. The Morgan fingerprint density at radius 3 is 2.68 bits per heavy atom. The summed E-state index contributed by atoms with van der Waals surface area (Å²) in [6, 6.07) is 8.80. The van der Waals surface area contributed by atoms with Crippen molar-refractivity contribution in [2.75, 3.05) is 11.9 Å². The molecule has 0 radical (unpaired) electrons. The largest absolute Gasteiger partial charge is 0.467 e. The van der Waals surface area contributed by atoms with Crippen LogP contribution in [-0.2, 0) is 9.59 Å². The molecule has 0 aliphatic rings. The number of furan rings is 1. The van der Waals surface area contributed by atoms with Gasteiger partial charge in [-0.05, 0) is 43.2 Å². The molecule has 0 aliphatic carbocycles. The number of carbonyl (C=O) groups is 2. The zero-order chi connectivity index (χ0) is 16.1. The lowest BCUT2D eigenvalue weighted by Gasteiger charge is -2.11. The lowest BCUT2D eigenvalue weighted by molar-refractivity contribution is -0.136. The van der Waals surface area contributed by atoms with Gasteiger partial charge in [-0.15, -0.1) is 0 Å². The summed E-state index contributed by atoms with van der Waals surface area (Å²) in [6.07, 6.45) is 0.431. The van der Waals surface area contributed by atoms with Gasteiger partial charge < -0.3 is 20.2 Å². The molecule has 2 aromatic rings. The number of rotatable bonds is 4. The second kappa shape index (κ2) is 6.91. The molecule has 2 rings (SSSR count). The van der Waals surface area contributed by atoms with Gasteiger partial charge in [-0.2, -0.15) is 0 Å². The minimum atomic E-state index is -0.993. The first-order valence-electron chi connectivity index (χ1n) is 6.85. The average molecular weight is 302 g/mol. The van der Waals surface area contributed by atoms with Crippen molar-refractivity contribution in [3.05, 3.63) is 53.5 Å². The molecular weight excluding hydrogens is 284 g/mol. The number of anilines is 1. The lowest BCUT2D eigenvalue weighted by Crippen LogP contribution is -2.37. The smallest absolute Gasteiger partial charge is 0.313 e. The highest BCUT2D eigenvalue weighted by Crippen LogP contribution is 2.16. The molecule has 1 heterocycles. The quantitative estimate of drug-likeness (QED) is 0.749. The van der Waals surface area contributed by atoms with Gasteiger partial charge in [0.2, 0.25) is 0 Å². The summed E-state index contributed by atoms with van der Waals surface area (Å²) in [4.78, 5) is 23.6. The molecule has 6 nitrogen and oxygen atoms in total. The van der Waals surface area contributed by atoms with Crippen LogP contribution in [0.5, 0.6) is 0 Å². The number of hydrogen-bond acceptors (Lipinski definition) is 4. The molecule has 1 aromatic carbocycles. The van der Waals surface area contributed by atoms with E-state index in [0.29, 0.717) is 11.4 Å². The Labute approximate surface area is 128 Å². The van der Waals surface area contributed by atoms with Gasteiger partial charge in [-0.25, -0.2) is 0 Å². The predicted molar refractivity (Wildman–Crippen MR) is 81.2 cm³/mol. The number of aliphatic hydroxyl groups is 1. The highest BCUT2D eigenvalue weighted by molar-refractivity contribution is 6.39. The van der Waals surface area contributed by atoms with E-state index in [0.717, 1.165) is 11.1 Å². The van der Waals surface area contributed by atoms with E-state index in [4.69, 9.17) is 4.42 Å². The van der Waals surface area contributed by atoms with Crippen LogP contribution in [0.25, 0.3) is 0 Å². The zero-order valence-electron chi connectivity index (χ0n) is 12.4. The molecule has 0 saturated heterocycles. The second-order valence-corrected chi connectivity index (χ2v) is 5.01. The Hall–Kier alpha value is -2.60. The highest BCUT2D eigenvalue weighted by atomic mass is 16.4. The van der Waals surface area contributed by atoms with Crippen LogP contribution in [0.3, 0.4) is 0 Å². The fourth-order valence-electron chi connectivity index (χ4n) is 1.90. The van der Waals surface area contributed by atoms with Crippen LogP contribution >= 0.6 is 0 Å². The molecule has 0 fully saturated rings. The number of carbonyl (C=O) groups excluding carboxylic acids is 2. The van der Waals surface area contributed by atoms with E-state index < -0.39 is 17.9 Å². The fourth-order valence-corrected chi connectivity index (χ4v) is 1.90. The van der Waals surface area contributed by atoms with Crippen molar-refractivity contribution >= 4 is 17.5 Å². The van der Waals surface area contributed by atoms with Crippen molar-refractivity contribution < 1.29 is 19.1 Å². The van der Waals surface area contributed by atoms with E-state index in [9.17, 15) is 14.7 Å². The summed E-state index contributed by atoms with van der Waals surface area (Å²) < 4.78 is 5.01. The molecule has 0 saturated carbocycles. The van der Waals surface area contributed by atoms with Crippen LogP contribution in [-0.4, -0.2) is 23.5 Å². The standard InChI is InChI=1S/C16H18N2O4/c1-10-5-6-11(2)12(8-10)18-16(21)15(20)17-9-13(19)14-4-3-7-22-14/h3-8,13,19H,9H2,1-2H3,(H,17,20)(H,18,21). The van der Waals surface area contributed by atoms with E-state index in [1.807, 2.05) is 26.0 Å². The van der Waals surface area contributed by atoms with E-state index in [1.165, 1.54) is 6.26 Å². The Morgan fingerprint density at radius 2 is 2.00 bits per heavy atom. The first-order valence-corrected chi connectivity index (χ1v) is 6.85. The van der Waals surface area contributed by atoms with Crippen molar-refractivity contribution in [1.29, 1.82) is 0 Å². The maximum absolute atomic E-state index is 11.8. The summed E-state index contributed by atoms with van der Waals surface area (Å²) >= 11 is 0. The second-order valence-electron chi connectivity index (χ2n) is 5.01. The minimum Gasteiger partial charge on any atom is -0.467 e. The van der Waals surface area contributed by atoms with Crippen LogP contribution < -0.4 is 10.6 Å². The Bertz CT molecular complexity index is 665. The maximum atomic E-state index is 11.8. The first kappa shape index (κ1) is 15.8. The third-order valence-electron chi connectivity index (χ3n) is 3.18. The van der Waals surface area contributed by atoms with Gasteiger partial charge in [0.25, 0.3) is 0 Å². The SMILES string of the molecule is Cc1ccc(C)c(NC(=O)C(=O)NCC(O)c2ccco2)c1. The highest BCUT2D eigenvalue weighted by Gasteiger charge is 2.17. The van der Waals surface area contributed by atoms with Crippen molar-refractivity contribution in [3.8, 4) is 0 Å². The van der Waals surface area contributed by atoms with Crippen LogP contribution in [0, 0.1) is 13.8 Å². The third-order valence-corrected chi connectivity index (χ3v) is 3.18. The summed E-state index contributed by atoms with van der Waals surface area (Å²) in [5.74, 6) is -1.26.